The molecule has 0 saturated heterocycles. The molecule has 260 valence electrons. The van der Waals surface area contributed by atoms with Gasteiger partial charge in [-0.2, -0.15) is 0 Å². The van der Waals surface area contributed by atoms with Crippen molar-refractivity contribution >= 4 is 60.3 Å². The lowest BCUT2D eigenvalue weighted by Gasteiger charge is -2.25. The van der Waals surface area contributed by atoms with Gasteiger partial charge in [-0.15, -0.1) is 0 Å². The Labute approximate surface area is 321 Å². The molecule has 0 fully saturated rings. The van der Waals surface area contributed by atoms with Gasteiger partial charge in [-0.3, -0.25) is 0 Å². The first-order chi connectivity index (χ1) is 27.1. The van der Waals surface area contributed by atoms with E-state index in [1.807, 2.05) is 0 Å². The summed E-state index contributed by atoms with van der Waals surface area (Å²) in [5.74, 6) is 0. The van der Waals surface area contributed by atoms with Crippen LogP contribution in [0.2, 0.25) is 0 Å². The standard InChI is InChI=1S/C53H38N2/c1-53(2)49-24-14-13-23-46(49)52-51(53)48-33-36(35-25-28-39(29-26-35)54(37-15-5-3-6-16-37)38-17-7-4-8-18-38)27-32-50(48)55(52)40-30-31-45-43-21-10-9-19-41(43)42-20-11-12-22-44(42)47(45)34-40/h3-34H,1-2H3. The van der Waals surface area contributed by atoms with E-state index in [1.54, 1.807) is 0 Å². The normalized spacial score (nSPS) is 13.1. The Balaban J connectivity index is 1.10. The number of anilines is 3. The predicted octanol–water partition coefficient (Wildman–Crippen LogP) is 14.5. The molecule has 1 aliphatic carbocycles. The van der Waals surface area contributed by atoms with E-state index in [0.717, 1.165) is 17.1 Å². The van der Waals surface area contributed by atoms with Crippen LogP contribution in [0.4, 0.5) is 17.1 Å². The molecule has 0 atom stereocenters. The summed E-state index contributed by atoms with van der Waals surface area (Å²) < 4.78 is 2.53. The van der Waals surface area contributed by atoms with E-state index < -0.39 is 0 Å². The zero-order valence-electron chi connectivity index (χ0n) is 30.9. The van der Waals surface area contributed by atoms with Crippen molar-refractivity contribution < 1.29 is 0 Å². The van der Waals surface area contributed by atoms with Crippen molar-refractivity contribution in [3.05, 3.63) is 205 Å². The van der Waals surface area contributed by atoms with Gasteiger partial charge < -0.3 is 9.47 Å². The zero-order valence-corrected chi connectivity index (χ0v) is 30.9. The monoisotopic (exact) mass is 702 g/mol. The van der Waals surface area contributed by atoms with Gasteiger partial charge in [-0.25, -0.2) is 0 Å². The largest absolute Gasteiger partial charge is 0.311 e. The van der Waals surface area contributed by atoms with E-state index in [1.165, 1.54) is 82.4 Å². The highest BCUT2D eigenvalue weighted by atomic mass is 15.1. The highest BCUT2D eigenvalue weighted by molar-refractivity contribution is 6.25. The second-order valence-electron chi connectivity index (χ2n) is 15.3. The molecule has 0 N–H and O–H groups in total. The Morgan fingerprint density at radius 3 is 1.55 bits per heavy atom. The second kappa shape index (κ2) is 12.1. The SMILES string of the molecule is CC1(C)c2ccccc2-c2c1c1cc(-c3ccc(N(c4ccccc4)c4ccccc4)cc3)ccc1n2-c1ccc2c3ccccc3c3ccccc3c2c1. The molecular weight excluding hydrogens is 665 g/mol. The molecule has 0 aliphatic heterocycles. The van der Waals surface area contributed by atoms with E-state index in [-0.39, 0.29) is 5.41 Å². The van der Waals surface area contributed by atoms with Crippen LogP contribution < -0.4 is 4.90 Å². The lowest BCUT2D eigenvalue weighted by atomic mass is 9.81. The third-order valence-electron chi connectivity index (χ3n) is 11.9. The van der Waals surface area contributed by atoms with Gasteiger partial charge in [-0.1, -0.05) is 147 Å². The van der Waals surface area contributed by atoms with Crippen molar-refractivity contribution in [3.8, 4) is 28.1 Å². The molecule has 1 aromatic heterocycles. The molecule has 0 radical (unpaired) electrons. The minimum atomic E-state index is -0.163. The van der Waals surface area contributed by atoms with Crippen LogP contribution in [0.15, 0.2) is 194 Å². The molecule has 0 saturated carbocycles. The van der Waals surface area contributed by atoms with Crippen molar-refractivity contribution in [3.63, 3.8) is 0 Å². The van der Waals surface area contributed by atoms with Crippen molar-refractivity contribution in [1.82, 2.24) is 4.57 Å². The van der Waals surface area contributed by atoms with Gasteiger partial charge in [0.05, 0.1) is 11.2 Å². The maximum atomic E-state index is 2.53. The van der Waals surface area contributed by atoms with Crippen LogP contribution in [-0.2, 0) is 5.41 Å². The summed E-state index contributed by atoms with van der Waals surface area (Å²) in [5, 5.41) is 9.05. The molecule has 55 heavy (non-hydrogen) atoms. The smallest absolute Gasteiger partial charge is 0.0585 e. The first-order valence-electron chi connectivity index (χ1n) is 19.2. The summed E-state index contributed by atoms with van der Waals surface area (Å²) >= 11 is 0. The van der Waals surface area contributed by atoms with E-state index in [9.17, 15) is 0 Å². The highest BCUT2D eigenvalue weighted by Gasteiger charge is 2.40. The van der Waals surface area contributed by atoms with Gasteiger partial charge >= 0.3 is 0 Å². The molecule has 1 aliphatic rings. The number of hydrogen-bond acceptors (Lipinski definition) is 1. The first-order valence-corrected chi connectivity index (χ1v) is 19.2. The van der Waals surface area contributed by atoms with Crippen molar-refractivity contribution in [1.29, 1.82) is 0 Å². The molecule has 9 aromatic carbocycles. The number of benzene rings is 9. The summed E-state index contributed by atoms with van der Waals surface area (Å²) in [6.45, 7) is 4.79. The van der Waals surface area contributed by atoms with Crippen molar-refractivity contribution in [2.24, 2.45) is 0 Å². The molecule has 2 nitrogen and oxygen atoms in total. The Kier molecular flexibility index (Phi) is 6.93. The van der Waals surface area contributed by atoms with Crippen molar-refractivity contribution in [2.45, 2.75) is 19.3 Å². The summed E-state index contributed by atoms with van der Waals surface area (Å²) in [5.41, 5.74) is 13.5. The van der Waals surface area contributed by atoms with Crippen LogP contribution in [0.25, 0.3) is 71.3 Å². The van der Waals surface area contributed by atoms with Crippen LogP contribution in [0.5, 0.6) is 0 Å². The van der Waals surface area contributed by atoms with Gasteiger partial charge in [0, 0.05) is 39.1 Å². The Bertz CT molecular complexity index is 3020. The zero-order chi connectivity index (χ0) is 36.7. The van der Waals surface area contributed by atoms with E-state index in [2.05, 4.69) is 217 Å². The maximum Gasteiger partial charge on any atom is 0.0585 e. The second-order valence-corrected chi connectivity index (χ2v) is 15.3. The average Bonchev–Trinajstić information content (AvgIpc) is 3.71. The topological polar surface area (TPSA) is 8.17 Å². The van der Waals surface area contributed by atoms with E-state index >= 15 is 0 Å². The van der Waals surface area contributed by atoms with Crippen LogP contribution in [0.1, 0.15) is 25.0 Å². The van der Waals surface area contributed by atoms with Crippen LogP contribution in [-0.4, -0.2) is 4.57 Å². The lowest BCUT2D eigenvalue weighted by Crippen LogP contribution is -2.14. The maximum absolute atomic E-state index is 2.53. The number of nitrogens with zero attached hydrogens (tertiary/aromatic N) is 2. The quantitative estimate of drug-likeness (QED) is 0.162. The predicted molar refractivity (Wildman–Crippen MR) is 233 cm³/mol. The van der Waals surface area contributed by atoms with Gasteiger partial charge in [-0.05, 0) is 115 Å². The molecule has 11 rings (SSSR count). The minimum Gasteiger partial charge on any atom is -0.311 e. The average molecular weight is 703 g/mol. The van der Waals surface area contributed by atoms with Gasteiger partial charge in [0.2, 0.25) is 0 Å². The molecule has 0 amide bonds. The number of para-hydroxylation sites is 2. The Morgan fingerprint density at radius 2 is 0.909 bits per heavy atom. The fraction of sp³-hybridized carbons (Fsp3) is 0.0566. The number of aromatic nitrogens is 1. The van der Waals surface area contributed by atoms with E-state index in [0.29, 0.717) is 0 Å². The summed E-state index contributed by atoms with van der Waals surface area (Å²) in [6.07, 6.45) is 0. The van der Waals surface area contributed by atoms with Crippen molar-refractivity contribution in [2.75, 3.05) is 4.90 Å². The fourth-order valence-electron chi connectivity index (χ4n) is 9.43. The molecule has 0 unspecified atom stereocenters. The van der Waals surface area contributed by atoms with Gasteiger partial charge in [0.1, 0.15) is 0 Å². The van der Waals surface area contributed by atoms with Crippen LogP contribution >= 0.6 is 0 Å². The van der Waals surface area contributed by atoms with Crippen LogP contribution in [0, 0.1) is 0 Å². The molecular formula is C53H38N2. The van der Waals surface area contributed by atoms with Gasteiger partial charge in [0.25, 0.3) is 0 Å². The third-order valence-corrected chi connectivity index (χ3v) is 11.9. The summed E-state index contributed by atoms with van der Waals surface area (Å²) in [4.78, 5) is 2.31. The minimum absolute atomic E-state index is 0.163. The Hall–Kier alpha value is -6.90. The summed E-state index contributed by atoms with van der Waals surface area (Å²) in [6, 6.07) is 71.1. The Morgan fingerprint density at radius 1 is 0.400 bits per heavy atom. The number of fused-ring (bicyclic) bond motifs is 11. The van der Waals surface area contributed by atoms with Crippen LogP contribution in [0.3, 0.4) is 0 Å². The lowest BCUT2D eigenvalue weighted by molar-refractivity contribution is 0.666. The number of hydrogen-bond donors (Lipinski definition) is 0. The molecule has 0 spiro atoms. The first kappa shape index (κ1) is 31.6. The number of rotatable bonds is 5. The third kappa shape index (κ3) is 4.74. The van der Waals surface area contributed by atoms with Gasteiger partial charge in [0.15, 0.2) is 0 Å². The fourth-order valence-corrected chi connectivity index (χ4v) is 9.43. The summed E-state index contributed by atoms with van der Waals surface area (Å²) in [7, 11) is 0. The molecule has 0 bridgehead atoms. The molecule has 1 heterocycles. The molecule has 2 heteroatoms. The van der Waals surface area contributed by atoms with E-state index in [4.69, 9.17) is 0 Å². The molecule has 10 aromatic rings. The highest BCUT2D eigenvalue weighted by Crippen LogP contribution is 2.54.